The van der Waals surface area contributed by atoms with Gasteiger partial charge in [0.05, 0.1) is 11.2 Å². The van der Waals surface area contributed by atoms with E-state index < -0.39 is 17.6 Å². The molecule has 6 heteroatoms. The van der Waals surface area contributed by atoms with Crippen LogP contribution < -0.4 is 4.90 Å². The van der Waals surface area contributed by atoms with Gasteiger partial charge in [-0.25, -0.2) is 13.6 Å². The summed E-state index contributed by atoms with van der Waals surface area (Å²) in [4.78, 5) is 13.9. The lowest BCUT2D eigenvalue weighted by molar-refractivity contribution is 0.0689. The fraction of sp³-hybridized carbons (Fsp3) is 0.211. The molecule has 0 aliphatic rings. The van der Waals surface area contributed by atoms with E-state index in [0.717, 1.165) is 12.1 Å². The van der Waals surface area contributed by atoms with Gasteiger partial charge in [-0.3, -0.25) is 0 Å². The Morgan fingerprint density at radius 2 is 1.68 bits per heavy atom. The lowest BCUT2D eigenvalue weighted by Gasteiger charge is -2.21. The van der Waals surface area contributed by atoms with Crippen LogP contribution in [0.5, 0.6) is 0 Å². The van der Waals surface area contributed by atoms with Crippen molar-refractivity contribution in [2.45, 2.75) is 13.8 Å². The Morgan fingerprint density at radius 1 is 1.08 bits per heavy atom. The maximum absolute atomic E-state index is 13.9. The second-order valence-electron chi connectivity index (χ2n) is 5.63. The largest absolute Gasteiger partial charge is 0.476 e. The highest BCUT2D eigenvalue weighted by Crippen LogP contribution is 2.37. The molecule has 0 fully saturated rings. The predicted molar refractivity (Wildman–Crippen MR) is 93.7 cm³/mol. The smallest absolute Gasteiger partial charge is 0.355 e. The zero-order chi connectivity index (χ0) is 18.1. The third-order valence-electron chi connectivity index (χ3n) is 4.28. The average molecular weight is 344 g/mol. The zero-order valence-corrected chi connectivity index (χ0v) is 14.0. The number of carbonyl (C=O) groups is 1. The van der Waals surface area contributed by atoms with Crippen molar-refractivity contribution in [1.29, 1.82) is 0 Å². The van der Waals surface area contributed by atoms with Gasteiger partial charge >= 0.3 is 5.97 Å². The molecule has 4 nitrogen and oxygen atoms in total. The predicted octanol–water partition coefficient (Wildman–Crippen LogP) is 4.45. The molecule has 1 heterocycles. The highest BCUT2D eigenvalue weighted by Gasteiger charge is 2.27. The number of hydrogen-bond donors (Lipinski definition) is 1. The SMILES string of the molecule is CCN(CC)c1c(C(=O)O)n(-c2ccccc2)c2cc(F)c(F)cc12. The van der Waals surface area contributed by atoms with Crippen LogP contribution in [0.3, 0.4) is 0 Å². The van der Waals surface area contributed by atoms with E-state index in [2.05, 4.69) is 0 Å². The van der Waals surface area contributed by atoms with Gasteiger partial charge in [-0.15, -0.1) is 0 Å². The van der Waals surface area contributed by atoms with Gasteiger partial charge in [-0.1, -0.05) is 18.2 Å². The molecule has 0 saturated carbocycles. The van der Waals surface area contributed by atoms with Crippen molar-refractivity contribution >= 4 is 22.6 Å². The van der Waals surface area contributed by atoms with E-state index in [0.29, 0.717) is 35.4 Å². The van der Waals surface area contributed by atoms with Crippen molar-refractivity contribution in [1.82, 2.24) is 4.57 Å². The number of aromatic carboxylic acids is 1. The Morgan fingerprint density at radius 3 is 2.24 bits per heavy atom. The Kier molecular flexibility index (Phi) is 4.44. The number of anilines is 1. The first kappa shape index (κ1) is 17.0. The van der Waals surface area contributed by atoms with Gasteiger partial charge in [0.25, 0.3) is 0 Å². The molecule has 0 unspecified atom stereocenters. The number of benzene rings is 2. The van der Waals surface area contributed by atoms with Gasteiger partial charge in [-0.05, 0) is 32.0 Å². The molecular formula is C19H18F2N2O2. The van der Waals surface area contributed by atoms with Crippen LogP contribution in [0, 0.1) is 11.6 Å². The van der Waals surface area contributed by atoms with Gasteiger partial charge < -0.3 is 14.6 Å². The first-order chi connectivity index (χ1) is 12.0. The van der Waals surface area contributed by atoms with E-state index >= 15 is 0 Å². The highest BCUT2D eigenvalue weighted by atomic mass is 19.2. The first-order valence-electron chi connectivity index (χ1n) is 8.06. The van der Waals surface area contributed by atoms with Crippen molar-refractivity contribution in [3.05, 3.63) is 59.8 Å². The van der Waals surface area contributed by atoms with E-state index in [-0.39, 0.29) is 5.69 Å². The van der Waals surface area contributed by atoms with Crippen LogP contribution in [0.2, 0.25) is 0 Å². The molecule has 0 spiro atoms. The minimum atomic E-state index is -1.15. The summed E-state index contributed by atoms with van der Waals surface area (Å²) in [5.74, 6) is -3.16. The van der Waals surface area contributed by atoms with Crippen molar-refractivity contribution in [3.63, 3.8) is 0 Å². The van der Waals surface area contributed by atoms with E-state index in [1.54, 1.807) is 30.3 Å². The fourth-order valence-corrected chi connectivity index (χ4v) is 3.17. The molecule has 0 radical (unpaired) electrons. The Labute approximate surface area is 143 Å². The van der Waals surface area contributed by atoms with Crippen molar-refractivity contribution in [2.24, 2.45) is 0 Å². The first-order valence-corrected chi connectivity index (χ1v) is 8.06. The molecule has 0 aliphatic heterocycles. The molecular weight excluding hydrogens is 326 g/mol. The number of carboxylic acids is 1. The lowest BCUT2D eigenvalue weighted by Crippen LogP contribution is -2.24. The molecule has 2 aromatic carbocycles. The second kappa shape index (κ2) is 6.55. The van der Waals surface area contributed by atoms with Crippen LogP contribution in [-0.2, 0) is 0 Å². The number of fused-ring (bicyclic) bond motifs is 1. The van der Waals surface area contributed by atoms with Crippen molar-refractivity contribution in [2.75, 3.05) is 18.0 Å². The number of hydrogen-bond acceptors (Lipinski definition) is 2. The quantitative estimate of drug-likeness (QED) is 0.744. The maximum Gasteiger partial charge on any atom is 0.355 e. The number of aromatic nitrogens is 1. The summed E-state index contributed by atoms with van der Waals surface area (Å²) in [6, 6.07) is 10.9. The number of halogens is 2. The van der Waals surface area contributed by atoms with Gasteiger partial charge in [0.2, 0.25) is 0 Å². The molecule has 3 rings (SSSR count). The van der Waals surface area contributed by atoms with Crippen LogP contribution in [0.25, 0.3) is 16.6 Å². The number of rotatable bonds is 5. The third-order valence-corrected chi connectivity index (χ3v) is 4.28. The summed E-state index contributed by atoms with van der Waals surface area (Å²) < 4.78 is 29.3. The number of nitrogens with zero attached hydrogens (tertiary/aromatic N) is 2. The summed E-state index contributed by atoms with van der Waals surface area (Å²) in [5, 5.41) is 10.2. The molecule has 1 N–H and O–H groups in total. The fourth-order valence-electron chi connectivity index (χ4n) is 3.17. The summed E-state index contributed by atoms with van der Waals surface area (Å²) >= 11 is 0. The maximum atomic E-state index is 13.9. The summed E-state index contributed by atoms with van der Waals surface area (Å²) in [6.45, 7) is 4.87. The van der Waals surface area contributed by atoms with E-state index in [1.165, 1.54) is 4.57 Å². The Balaban J connectivity index is 2.51. The topological polar surface area (TPSA) is 45.5 Å². The molecule has 0 bridgehead atoms. The standard InChI is InChI=1S/C19H18F2N2O2/c1-3-22(4-2)17-13-10-14(20)15(21)11-16(13)23(18(17)19(24)25)12-8-6-5-7-9-12/h5-11H,3-4H2,1-2H3,(H,24,25). The van der Waals surface area contributed by atoms with Crippen LogP contribution in [0.1, 0.15) is 24.3 Å². The molecule has 0 aliphatic carbocycles. The lowest BCUT2D eigenvalue weighted by atomic mass is 10.2. The number of carboxylic acid groups (broad SMARTS) is 1. The van der Waals surface area contributed by atoms with Crippen molar-refractivity contribution < 1.29 is 18.7 Å². The summed E-state index contributed by atoms with van der Waals surface area (Å²) in [5.41, 5.74) is 1.30. The van der Waals surface area contributed by atoms with Crippen molar-refractivity contribution in [3.8, 4) is 5.69 Å². The monoisotopic (exact) mass is 344 g/mol. The second-order valence-corrected chi connectivity index (χ2v) is 5.63. The third kappa shape index (κ3) is 2.73. The number of para-hydroxylation sites is 1. The highest BCUT2D eigenvalue weighted by molar-refractivity contribution is 6.07. The summed E-state index contributed by atoms with van der Waals surface area (Å²) in [6.07, 6.45) is 0. The van der Waals surface area contributed by atoms with Crippen LogP contribution >= 0.6 is 0 Å². The van der Waals surface area contributed by atoms with Gasteiger partial charge in [0, 0.05) is 30.2 Å². The molecule has 25 heavy (non-hydrogen) atoms. The van der Waals surface area contributed by atoms with Gasteiger partial charge in [-0.2, -0.15) is 0 Å². The summed E-state index contributed by atoms with van der Waals surface area (Å²) in [7, 11) is 0. The average Bonchev–Trinajstić information content (AvgIpc) is 2.92. The van der Waals surface area contributed by atoms with Crippen LogP contribution in [0.4, 0.5) is 14.5 Å². The van der Waals surface area contributed by atoms with E-state index in [4.69, 9.17) is 0 Å². The van der Waals surface area contributed by atoms with Crippen LogP contribution in [-0.4, -0.2) is 28.7 Å². The zero-order valence-electron chi connectivity index (χ0n) is 14.0. The molecule has 0 atom stereocenters. The van der Waals surface area contributed by atoms with E-state index in [9.17, 15) is 18.7 Å². The van der Waals surface area contributed by atoms with E-state index in [1.807, 2.05) is 18.7 Å². The normalized spacial score (nSPS) is 11.0. The molecule has 0 saturated heterocycles. The molecule has 0 amide bonds. The van der Waals surface area contributed by atoms with Crippen LogP contribution in [0.15, 0.2) is 42.5 Å². The minimum absolute atomic E-state index is 0.00472. The molecule has 3 aromatic rings. The molecule has 130 valence electrons. The molecule has 1 aromatic heterocycles. The Bertz CT molecular complexity index is 932. The minimum Gasteiger partial charge on any atom is -0.476 e. The Hall–Kier alpha value is -2.89. The van der Waals surface area contributed by atoms with Gasteiger partial charge in [0.15, 0.2) is 17.3 Å². The van der Waals surface area contributed by atoms with Gasteiger partial charge in [0.1, 0.15) is 0 Å².